The summed E-state index contributed by atoms with van der Waals surface area (Å²) >= 11 is 0. The van der Waals surface area contributed by atoms with Gasteiger partial charge in [-0.1, -0.05) is 13.8 Å². The predicted molar refractivity (Wildman–Crippen MR) is 77.2 cm³/mol. The molecule has 0 aliphatic rings. The number of hydrogen-bond acceptors (Lipinski definition) is 4. The molecule has 4 heteroatoms. The van der Waals surface area contributed by atoms with E-state index in [0.717, 1.165) is 26.2 Å². The summed E-state index contributed by atoms with van der Waals surface area (Å²) < 4.78 is 10.3. The molecule has 0 aromatic rings. The molecular weight excluding hydrogens is 228 g/mol. The number of rotatable bonds is 13. The second kappa shape index (κ2) is 13.3. The maximum absolute atomic E-state index is 5.41. The van der Waals surface area contributed by atoms with Crippen LogP contribution in [0.4, 0.5) is 0 Å². The van der Waals surface area contributed by atoms with Crippen LogP contribution in [0.5, 0.6) is 0 Å². The van der Waals surface area contributed by atoms with Crippen molar-refractivity contribution in [2.24, 2.45) is 0 Å². The maximum atomic E-state index is 5.41. The fraction of sp³-hybridized carbons (Fsp3) is 1.00. The van der Waals surface area contributed by atoms with Gasteiger partial charge in [0.05, 0.1) is 19.8 Å². The first-order valence-electron chi connectivity index (χ1n) is 7.26. The molecule has 0 aromatic carbocycles. The van der Waals surface area contributed by atoms with E-state index in [-0.39, 0.29) is 0 Å². The van der Waals surface area contributed by atoms with E-state index in [0.29, 0.717) is 19.3 Å². The molecule has 0 aliphatic heterocycles. The number of hydrogen-bond donors (Lipinski definition) is 1. The smallest absolute Gasteiger partial charge is 0.0700 e. The van der Waals surface area contributed by atoms with Crippen molar-refractivity contribution in [2.45, 2.75) is 39.7 Å². The summed E-state index contributed by atoms with van der Waals surface area (Å²) in [6.07, 6.45) is 2.49. The lowest BCUT2D eigenvalue weighted by molar-refractivity contribution is 0.0711. The van der Waals surface area contributed by atoms with Crippen molar-refractivity contribution in [3.8, 4) is 0 Å². The molecule has 0 saturated carbocycles. The minimum Gasteiger partial charge on any atom is -0.382 e. The minimum atomic E-state index is 0.576. The Morgan fingerprint density at radius 2 is 1.83 bits per heavy atom. The van der Waals surface area contributed by atoms with Gasteiger partial charge in [-0.25, -0.2) is 0 Å². The molecule has 110 valence electrons. The van der Waals surface area contributed by atoms with E-state index in [1.165, 1.54) is 19.4 Å². The average molecular weight is 260 g/mol. The van der Waals surface area contributed by atoms with Crippen molar-refractivity contribution in [3.05, 3.63) is 0 Å². The number of nitrogens with one attached hydrogen (secondary N) is 1. The van der Waals surface area contributed by atoms with E-state index >= 15 is 0 Å². The highest BCUT2D eigenvalue weighted by atomic mass is 16.5. The van der Waals surface area contributed by atoms with Crippen molar-refractivity contribution in [3.63, 3.8) is 0 Å². The number of methoxy groups -OCH3 is 1. The van der Waals surface area contributed by atoms with Crippen LogP contribution in [-0.4, -0.2) is 64.1 Å². The van der Waals surface area contributed by atoms with Gasteiger partial charge in [0.2, 0.25) is 0 Å². The van der Waals surface area contributed by atoms with Crippen LogP contribution < -0.4 is 5.32 Å². The Labute approximate surface area is 113 Å². The van der Waals surface area contributed by atoms with Gasteiger partial charge in [0.1, 0.15) is 0 Å². The van der Waals surface area contributed by atoms with Crippen LogP contribution in [0.2, 0.25) is 0 Å². The van der Waals surface area contributed by atoms with E-state index in [1.807, 2.05) is 0 Å². The van der Waals surface area contributed by atoms with Crippen LogP contribution in [0, 0.1) is 0 Å². The molecule has 1 unspecified atom stereocenters. The topological polar surface area (TPSA) is 33.7 Å². The van der Waals surface area contributed by atoms with E-state index in [2.05, 4.69) is 31.0 Å². The summed E-state index contributed by atoms with van der Waals surface area (Å²) in [5, 5.41) is 3.48. The fourth-order valence-corrected chi connectivity index (χ4v) is 1.88. The fourth-order valence-electron chi connectivity index (χ4n) is 1.88. The monoisotopic (exact) mass is 260 g/mol. The zero-order valence-electron chi connectivity index (χ0n) is 12.7. The van der Waals surface area contributed by atoms with Gasteiger partial charge in [-0.05, 0) is 39.4 Å². The summed E-state index contributed by atoms with van der Waals surface area (Å²) in [6.45, 7) is 13.3. The van der Waals surface area contributed by atoms with Crippen LogP contribution in [0.15, 0.2) is 0 Å². The average Bonchev–Trinajstić information content (AvgIpc) is 2.39. The summed E-state index contributed by atoms with van der Waals surface area (Å²) in [7, 11) is 1.69. The van der Waals surface area contributed by atoms with Gasteiger partial charge in [0.25, 0.3) is 0 Å². The third kappa shape index (κ3) is 11.0. The SMILES string of the molecule is CCN(CC)CCCC(C)NCCOCCOC. The second-order valence-electron chi connectivity index (χ2n) is 4.63. The first-order valence-corrected chi connectivity index (χ1v) is 7.26. The van der Waals surface area contributed by atoms with Crippen LogP contribution in [-0.2, 0) is 9.47 Å². The van der Waals surface area contributed by atoms with E-state index in [1.54, 1.807) is 7.11 Å². The first kappa shape index (κ1) is 17.8. The zero-order valence-corrected chi connectivity index (χ0v) is 12.7. The largest absolute Gasteiger partial charge is 0.382 e. The molecule has 4 nitrogen and oxygen atoms in total. The van der Waals surface area contributed by atoms with E-state index in [9.17, 15) is 0 Å². The molecule has 0 spiro atoms. The van der Waals surface area contributed by atoms with Gasteiger partial charge in [-0.15, -0.1) is 0 Å². The van der Waals surface area contributed by atoms with E-state index in [4.69, 9.17) is 9.47 Å². The zero-order chi connectivity index (χ0) is 13.6. The third-order valence-corrected chi connectivity index (χ3v) is 3.18. The quantitative estimate of drug-likeness (QED) is 0.512. The molecule has 1 atom stereocenters. The molecule has 0 bridgehead atoms. The molecule has 0 aromatic heterocycles. The highest BCUT2D eigenvalue weighted by molar-refractivity contribution is 4.62. The van der Waals surface area contributed by atoms with Crippen molar-refractivity contribution in [1.82, 2.24) is 10.2 Å². The van der Waals surface area contributed by atoms with E-state index < -0.39 is 0 Å². The highest BCUT2D eigenvalue weighted by Gasteiger charge is 2.03. The molecule has 0 heterocycles. The second-order valence-corrected chi connectivity index (χ2v) is 4.63. The lowest BCUT2D eigenvalue weighted by atomic mass is 10.2. The first-order chi connectivity index (χ1) is 8.74. The number of nitrogens with zero attached hydrogens (tertiary/aromatic N) is 1. The highest BCUT2D eigenvalue weighted by Crippen LogP contribution is 1.99. The van der Waals surface area contributed by atoms with Gasteiger partial charge < -0.3 is 19.7 Å². The van der Waals surface area contributed by atoms with Gasteiger partial charge in [0.15, 0.2) is 0 Å². The van der Waals surface area contributed by atoms with Crippen molar-refractivity contribution in [1.29, 1.82) is 0 Å². The normalized spacial score (nSPS) is 13.2. The molecule has 18 heavy (non-hydrogen) atoms. The summed E-state index contributed by atoms with van der Waals surface area (Å²) in [5.41, 5.74) is 0. The van der Waals surface area contributed by atoms with Gasteiger partial charge in [-0.3, -0.25) is 0 Å². The Morgan fingerprint density at radius 3 is 2.44 bits per heavy atom. The standard InChI is InChI=1S/C14H32N2O2/c1-5-16(6-2)10-7-8-14(3)15-9-11-18-13-12-17-4/h14-15H,5-13H2,1-4H3. The molecule has 0 fully saturated rings. The molecular formula is C14H32N2O2. The van der Waals surface area contributed by atoms with Crippen molar-refractivity contribution >= 4 is 0 Å². The predicted octanol–water partition coefficient (Wildman–Crippen LogP) is 1.75. The van der Waals surface area contributed by atoms with Gasteiger partial charge >= 0.3 is 0 Å². The summed E-state index contributed by atoms with van der Waals surface area (Å²) in [4.78, 5) is 2.47. The van der Waals surface area contributed by atoms with Gasteiger partial charge in [-0.2, -0.15) is 0 Å². The van der Waals surface area contributed by atoms with Crippen molar-refractivity contribution in [2.75, 3.05) is 53.1 Å². The Kier molecular flexibility index (Phi) is 13.2. The van der Waals surface area contributed by atoms with Gasteiger partial charge in [0, 0.05) is 19.7 Å². The maximum Gasteiger partial charge on any atom is 0.0700 e. The molecule has 1 N–H and O–H groups in total. The molecule has 0 aliphatic carbocycles. The molecule has 0 amide bonds. The van der Waals surface area contributed by atoms with Crippen LogP contribution in [0.1, 0.15) is 33.6 Å². The summed E-state index contributed by atoms with van der Waals surface area (Å²) in [5.74, 6) is 0. The summed E-state index contributed by atoms with van der Waals surface area (Å²) in [6, 6.07) is 0.576. The lowest BCUT2D eigenvalue weighted by Crippen LogP contribution is -2.31. The number of ether oxygens (including phenoxy) is 2. The Hall–Kier alpha value is -0.160. The lowest BCUT2D eigenvalue weighted by Gasteiger charge is -2.19. The Balaban J connectivity index is 3.29. The van der Waals surface area contributed by atoms with Crippen molar-refractivity contribution < 1.29 is 9.47 Å². The Morgan fingerprint density at radius 1 is 1.11 bits per heavy atom. The van der Waals surface area contributed by atoms with Crippen LogP contribution in [0.25, 0.3) is 0 Å². The molecule has 0 radical (unpaired) electrons. The van der Waals surface area contributed by atoms with Crippen LogP contribution in [0.3, 0.4) is 0 Å². The molecule has 0 rings (SSSR count). The third-order valence-electron chi connectivity index (χ3n) is 3.18. The minimum absolute atomic E-state index is 0.576. The Bertz CT molecular complexity index is 164. The molecule has 0 saturated heterocycles. The van der Waals surface area contributed by atoms with Crippen LogP contribution >= 0.6 is 0 Å².